The summed E-state index contributed by atoms with van der Waals surface area (Å²) in [5.74, 6) is -2.42. The largest absolute Gasteiger partial charge is 0.383 e. The van der Waals surface area contributed by atoms with Crippen molar-refractivity contribution in [3.05, 3.63) is 33.9 Å². The molecule has 0 radical (unpaired) electrons. The average molecular weight is 289 g/mol. The summed E-state index contributed by atoms with van der Waals surface area (Å²) < 4.78 is 31.9. The number of methoxy groups -OCH3 is 1. The summed E-state index contributed by atoms with van der Waals surface area (Å²) in [6, 6.07) is 1.26. The summed E-state index contributed by atoms with van der Waals surface area (Å²) >= 11 is 0. The van der Waals surface area contributed by atoms with Crippen LogP contribution in [0, 0.1) is 21.7 Å². The molecular formula is C12H17F2N3O3. The van der Waals surface area contributed by atoms with E-state index in [4.69, 9.17) is 10.5 Å². The van der Waals surface area contributed by atoms with E-state index >= 15 is 0 Å². The van der Waals surface area contributed by atoms with Gasteiger partial charge in [0.25, 0.3) is 5.69 Å². The Kier molecular flexibility index (Phi) is 6.26. The van der Waals surface area contributed by atoms with Gasteiger partial charge in [-0.15, -0.1) is 0 Å². The minimum Gasteiger partial charge on any atom is -0.383 e. The highest BCUT2D eigenvalue weighted by atomic mass is 19.2. The van der Waals surface area contributed by atoms with Gasteiger partial charge in [0.2, 0.25) is 0 Å². The van der Waals surface area contributed by atoms with E-state index in [-0.39, 0.29) is 6.61 Å². The van der Waals surface area contributed by atoms with Crippen LogP contribution >= 0.6 is 0 Å². The van der Waals surface area contributed by atoms with Crippen LogP contribution < -0.4 is 11.1 Å². The van der Waals surface area contributed by atoms with Crippen molar-refractivity contribution < 1.29 is 18.4 Å². The number of hydrogen-bond acceptors (Lipinski definition) is 5. The molecule has 0 aliphatic heterocycles. The van der Waals surface area contributed by atoms with Gasteiger partial charge in [-0.2, -0.15) is 0 Å². The Balaban J connectivity index is 3.03. The van der Waals surface area contributed by atoms with Crippen molar-refractivity contribution in [3.8, 4) is 0 Å². The van der Waals surface area contributed by atoms with Crippen molar-refractivity contribution >= 4 is 11.4 Å². The van der Waals surface area contributed by atoms with E-state index in [2.05, 4.69) is 5.32 Å². The number of anilines is 1. The Labute approximate surface area is 115 Å². The molecule has 1 aromatic carbocycles. The van der Waals surface area contributed by atoms with Crippen molar-refractivity contribution in [2.24, 2.45) is 5.73 Å². The summed E-state index contributed by atoms with van der Waals surface area (Å²) in [4.78, 5) is 10.1. The molecule has 0 saturated heterocycles. The van der Waals surface area contributed by atoms with Crippen molar-refractivity contribution in [1.29, 1.82) is 0 Å². The van der Waals surface area contributed by atoms with Crippen LogP contribution in [-0.2, 0) is 4.74 Å². The minimum absolute atomic E-state index is 0.201. The summed E-state index contributed by atoms with van der Waals surface area (Å²) in [6.07, 6.45) is 1.16. The Morgan fingerprint density at radius 2 is 2.20 bits per heavy atom. The zero-order valence-corrected chi connectivity index (χ0v) is 11.1. The molecule has 0 bridgehead atoms. The van der Waals surface area contributed by atoms with Crippen molar-refractivity contribution in [1.82, 2.24) is 0 Å². The zero-order valence-electron chi connectivity index (χ0n) is 11.1. The standard InChI is InChI=1S/C12H17F2N3O3/c1-20-7-8(3-2-6-15)16-12-10(17(18)19)5-4-9(13)11(12)14/h4-5,8,16H,2-3,6-7,15H2,1H3. The second-order valence-corrected chi connectivity index (χ2v) is 4.24. The third-order valence-corrected chi connectivity index (χ3v) is 2.74. The molecule has 0 fully saturated rings. The average Bonchev–Trinajstić information content (AvgIpc) is 2.41. The number of hydrogen-bond donors (Lipinski definition) is 2. The molecule has 8 heteroatoms. The molecule has 0 saturated carbocycles. The molecule has 20 heavy (non-hydrogen) atoms. The third kappa shape index (κ3) is 4.10. The van der Waals surface area contributed by atoms with Gasteiger partial charge in [0, 0.05) is 19.2 Å². The summed E-state index contributed by atoms with van der Waals surface area (Å²) in [5, 5.41) is 13.5. The second kappa shape index (κ2) is 7.71. The molecule has 112 valence electrons. The van der Waals surface area contributed by atoms with Gasteiger partial charge >= 0.3 is 0 Å². The fraction of sp³-hybridized carbons (Fsp3) is 0.500. The molecule has 1 aromatic rings. The van der Waals surface area contributed by atoms with E-state index in [0.717, 1.165) is 12.1 Å². The van der Waals surface area contributed by atoms with Crippen LogP contribution in [0.4, 0.5) is 20.2 Å². The minimum atomic E-state index is -1.27. The Morgan fingerprint density at radius 3 is 2.75 bits per heavy atom. The highest BCUT2D eigenvalue weighted by Gasteiger charge is 2.23. The number of benzene rings is 1. The van der Waals surface area contributed by atoms with E-state index in [1.165, 1.54) is 7.11 Å². The van der Waals surface area contributed by atoms with Crippen molar-refractivity contribution in [2.45, 2.75) is 18.9 Å². The number of halogens is 2. The highest BCUT2D eigenvalue weighted by Crippen LogP contribution is 2.30. The number of nitrogens with two attached hydrogens (primary N) is 1. The fourth-order valence-corrected chi connectivity index (χ4v) is 1.80. The third-order valence-electron chi connectivity index (χ3n) is 2.74. The lowest BCUT2D eigenvalue weighted by Crippen LogP contribution is -2.27. The summed E-state index contributed by atoms with van der Waals surface area (Å²) in [5.41, 5.74) is 4.41. The Hall–Kier alpha value is -1.80. The van der Waals surface area contributed by atoms with Gasteiger partial charge in [0.1, 0.15) is 0 Å². The fourth-order valence-electron chi connectivity index (χ4n) is 1.80. The van der Waals surface area contributed by atoms with Crippen LogP contribution in [0.25, 0.3) is 0 Å². The van der Waals surface area contributed by atoms with Crippen molar-refractivity contribution in [3.63, 3.8) is 0 Å². The number of nitro benzene ring substituents is 1. The van der Waals surface area contributed by atoms with E-state index in [0.29, 0.717) is 19.4 Å². The highest BCUT2D eigenvalue weighted by molar-refractivity contribution is 5.63. The van der Waals surface area contributed by atoms with Crippen molar-refractivity contribution in [2.75, 3.05) is 25.6 Å². The van der Waals surface area contributed by atoms with E-state index in [1.807, 2.05) is 0 Å². The van der Waals surface area contributed by atoms with E-state index in [1.54, 1.807) is 0 Å². The molecule has 0 heterocycles. The van der Waals surface area contributed by atoms with Crippen LogP contribution in [0.5, 0.6) is 0 Å². The van der Waals surface area contributed by atoms with Crippen LogP contribution in [0.3, 0.4) is 0 Å². The van der Waals surface area contributed by atoms with Crippen LogP contribution in [0.2, 0.25) is 0 Å². The number of rotatable bonds is 8. The molecule has 0 aliphatic carbocycles. The lowest BCUT2D eigenvalue weighted by molar-refractivity contribution is -0.384. The monoisotopic (exact) mass is 289 g/mol. The second-order valence-electron chi connectivity index (χ2n) is 4.24. The quantitative estimate of drug-likeness (QED) is 0.564. The SMILES string of the molecule is COCC(CCCN)Nc1c([N+](=O)[O-])ccc(F)c1F. The number of nitro groups is 1. The van der Waals surface area contributed by atoms with Gasteiger partial charge in [0.15, 0.2) is 17.3 Å². The maximum atomic E-state index is 13.7. The molecule has 6 nitrogen and oxygen atoms in total. The normalized spacial score (nSPS) is 12.2. The summed E-state index contributed by atoms with van der Waals surface area (Å²) in [6.45, 7) is 0.628. The van der Waals surface area contributed by atoms with E-state index < -0.39 is 34.0 Å². The smallest absolute Gasteiger partial charge is 0.295 e. The van der Waals surface area contributed by atoms with Gasteiger partial charge in [0.05, 0.1) is 11.5 Å². The maximum absolute atomic E-state index is 13.7. The number of nitrogens with one attached hydrogen (secondary N) is 1. The van der Waals surface area contributed by atoms with Crippen LogP contribution in [-0.4, -0.2) is 31.2 Å². The maximum Gasteiger partial charge on any atom is 0.295 e. The first kappa shape index (κ1) is 16.3. The summed E-state index contributed by atoms with van der Waals surface area (Å²) in [7, 11) is 1.45. The molecule has 0 amide bonds. The molecule has 1 unspecified atom stereocenters. The molecular weight excluding hydrogens is 272 g/mol. The molecule has 1 rings (SSSR count). The Morgan fingerprint density at radius 1 is 1.50 bits per heavy atom. The van der Waals surface area contributed by atoms with Gasteiger partial charge < -0.3 is 15.8 Å². The lowest BCUT2D eigenvalue weighted by Gasteiger charge is -2.19. The first-order chi connectivity index (χ1) is 9.51. The van der Waals surface area contributed by atoms with Gasteiger partial charge in [-0.3, -0.25) is 10.1 Å². The van der Waals surface area contributed by atoms with Gasteiger partial charge in [-0.05, 0) is 25.5 Å². The molecule has 0 aromatic heterocycles. The molecule has 0 spiro atoms. The molecule has 0 aliphatic rings. The first-order valence-electron chi connectivity index (χ1n) is 6.09. The Bertz CT molecular complexity index is 472. The van der Waals surface area contributed by atoms with Crippen LogP contribution in [0.15, 0.2) is 12.1 Å². The topological polar surface area (TPSA) is 90.4 Å². The van der Waals surface area contributed by atoms with Gasteiger partial charge in [-0.1, -0.05) is 0 Å². The molecule has 1 atom stereocenters. The first-order valence-corrected chi connectivity index (χ1v) is 6.09. The van der Waals surface area contributed by atoms with Crippen LogP contribution in [0.1, 0.15) is 12.8 Å². The zero-order chi connectivity index (χ0) is 15.1. The number of nitrogens with zero attached hydrogens (tertiary/aromatic N) is 1. The van der Waals surface area contributed by atoms with Gasteiger partial charge in [-0.25, -0.2) is 8.78 Å². The van der Waals surface area contributed by atoms with E-state index in [9.17, 15) is 18.9 Å². The predicted molar refractivity (Wildman–Crippen MR) is 70.6 cm³/mol. The molecule has 3 N–H and O–H groups in total. The lowest BCUT2D eigenvalue weighted by atomic mass is 10.1. The number of ether oxygens (including phenoxy) is 1. The predicted octanol–water partition coefficient (Wildman–Crippen LogP) is 2.04.